The van der Waals surface area contributed by atoms with Gasteiger partial charge in [-0.15, -0.1) is 0 Å². The first kappa shape index (κ1) is 15.5. The van der Waals surface area contributed by atoms with Crippen LogP contribution < -0.4 is 5.73 Å². The monoisotopic (exact) mass is 274 g/mol. The van der Waals surface area contributed by atoms with Crippen molar-refractivity contribution in [1.29, 1.82) is 0 Å². The lowest BCUT2D eigenvalue weighted by molar-refractivity contribution is 0.177. The molecule has 1 aromatic rings. The minimum atomic E-state index is 0.167. The summed E-state index contributed by atoms with van der Waals surface area (Å²) < 4.78 is 0. The van der Waals surface area contributed by atoms with E-state index >= 15 is 0 Å². The third kappa shape index (κ3) is 2.91. The molecule has 2 atom stereocenters. The summed E-state index contributed by atoms with van der Waals surface area (Å²) >= 11 is 0. The van der Waals surface area contributed by atoms with Gasteiger partial charge in [0.15, 0.2) is 0 Å². The third-order valence-electron chi connectivity index (χ3n) is 5.37. The average Bonchev–Trinajstić information content (AvgIpc) is 2.86. The van der Waals surface area contributed by atoms with E-state index in [4.69, 9.17) is 5.73 Å². The number of hydrogen-bond donors (Lipinski definition) is 1. The Labute approximate surface area is 124 Å². The van der Waals surface area contributed by atoms with E-state index in [2.05, 4.69) is 56.9 Å². The van der Waals surface area contributed by atoms with Gasteiger partial charge in [0.1, 0.15) is 0 Å². The zero-order valence-corrected chi connectivity index (χ0v) is 13.5. The molecular formula is C18H30N2. The molecule has 1 aliphatic heterocycles. The summed E-state index contributed by atoms with van der Waals surface area (Å²) in [5, 5.41) is 0. The molecule has 0 saturated carbocycles. The maximum atomic E-state index is 6.35. The lowest BCUT2D eigenvalue weighted by Crippen LogP contribution is -2.39. The fourth-order valence-electron chi connectivity index (χ4n) is 3.77. The molecule has 20 heavy (non-hydrogen) atoms. The molecule has 1 aromatic carbocycles. The maximum Gasteiger partial charge on any atom is 0.0499 e. The number of hydrogen-bond acceptors (Lipinski definition) is 2. The quantitative estimate of drug-likeness (QED) is 0.882. The van der Waals surface area contributed by atoms with Gasteiger partial charge in [0.25, 0.3) is 0 Å². The Kier molecular flexibility index (Phi) is 4.87. The van der Waals surface area contributed by atoms with Crippen molar-refractivity contribution in [3.8, 4) is 0 Å². The highest BCUT2D eigenvalue weighted by molar-refractivity contribution is 5.30. The Balaban J connectivity index is 2.26. The van der Waals surface area contributed by atoms with Crippen LogP contribution in [0.4, 0.5) is 0 Å². The largest absolute Gasteiger partial charge is 0.326 e. The van der Waals surface area contributed by atoms with Crippen LogP contribution >= 0.6 is 0 Å². The minimum Gasteiger partial charge on any atom is -0.326 e. The molecule has 1 heterocycles. The lowest BCUT2D eigenvalue weighted by atomic mass is 9.82. The minimum absolute atomic E-state index is 0.167. The first-order chi connectivity index (χ1) is 9.53. The van der Waals surface area contributed by atoms with Gasteiger partial charge in [-0.3, -0.25) is 4.90 Å². The van der Waals surface area contributed by atoms with Crippen molar-refractivity contribution in [3.05, 3.63) is 35.4 Å². The van der Waals surface area contributed by atoms with Gasteiger partial charge in [0.2, 0.25) is 0 Å². The number of nitrogens with zero attached hydrogens (tertiary/aromatic N) is 1. The van der Waals surface area contributed by atoms with Crippen LogP contribution in [0.5, 0.6) is 0 Å². The third-order valence-corrected chi connectivity index (χ3v) is 5.37. The van der Waals surface area contributed by atoms with E-state index in [-0.39, 0.29) is 6.04 Å². The number of likely N-dealkylation sites (tertiary alicyclic amines) is 1. The van der Waals surface area contributed by atoms with Crippen LogP contribution in [-0.4, -0.2) is 24.0 Å². The average molecular weight is 274 g/mol. The predicted molar refractivity (Wildman–Crippen MR) is 86.8 cm³/mol. The molecular weight excluding hydrogens is 244 g/mol. The molecule has 2 N–H and O–H groups in total. The zero-order valence-electron chi connectivity index (χ0n) is 13.5. The summed E-state index contributed by atoms with van der Waals surface area (Å²) in [6, 6.07) is 9.23. The SMILES string of the molecule is CCC1(CC)CCN(C(c2ccccc2C)C(C)N)C1. The van der Waals surface area contributed by atoms with Crippen molar-refractivity contribution in [2.24, 2.45) is 11.1 Å². The number of benzene rings is 1. The zero-order chi connectivity index (χ0) is 14.8. The molecule has 1 saturated heterocycles. The van der Waals surface area contributed by atoms with E-state index in [1.165, 1.54) is 43.5 Å². The van der Waals surface area contributed by atoms with Crippen LogP contribution in [0, 0.1) is 12.3 Å². The summed E-state index contributed by atoms with van der Waals surface area (Å²) in [4.78, 5) is 2.62. The van der Waals surface area contributed by atoms with Crippen LogP contribution in [0.25, 0.3) is 0 Å². The van der Waals surface area contributed by atoms with Gasteiger partial charge in [-0.25, -0.2) is 0 Å². The van der Waals surface area contributed by atoms with Gasteiger partial charge in [0.05, 0.1) is 0 Å². The lowest BCUT2D eigenvalue weighted by Gasteiger charge is -2.34. The van der Waals surface area contributed by atoms with E-state index < -0.39 is 0 Å². The van der Waals surface area contributed by atoms with Gasteiger partial charge in [-0.05, 0) is 56.2 Å². The van der Waals surface area contributed by atoms with Gasteiger partial charge in [-0.2, -0.15) is 0 Å². The van der Waals surface area contributed by atoms with E-state index in [9.17, 15) is 0 Å². The van der Waals surface area contributed by atoms with Crippen molar-refractivity contribution >= 4 is 0 Å². The summed E-state index contributed by atoms with van der Waals surface area (Å²) in [5.74, 6) is 0. The normalized spacial score (nSPS) is 21.9. The topological polar surface area (TPSA) is 29.3 Å². The summed E-state index contributed by atoms with van der Waals surface area (Å²) in [7, 11) is 0. The highest BCUT2D eigenvalue weighted by atomic mass is 15.2. The highest BCUT2D eigenvalue weighted by Gasteiger charge is 2.39. The highest BCUT2D eigenvalue weighted by Crippen LogP contribution is 2.41. The van der Waals surface area contributed by atoms with Crippen molar-refractivity contribution < 1.29 is 0 Å². The second-order valence-corrected chi connectivity index (χ2v) is 6.59. The molecule has 0 aromatic heterocycles. The van der Waals surface area contributed by atoms with Gasteiger partial charge in [0, 0.05) is 18.6 Å². The van der Waals surface area contributed by atoms with E-state index in [0.29, 0.717) is 11.5 Å². The number of rotatable bonds is 5. The summed E-state index contributed by atoms with van der Waals surface area (Å²) in [5.41, 5.74) is 9.63. The standard InChI is InChI=1S/C18H30N2/c1-5-18(6-2)11-12-20(13-18)17(15(4)19)16-10-8-7-9-14(16)3/h7-10,15,17H,5-6,11-13,19H2,1-4H3. The second-order valence-electron chi connectivity index (χ2n) is 6.59. The molecule has 0 aliphatic carbocycles. The van der Waals surface area contributed by atoms with Crippen LogP contribution in [0.1, 0.15) is 57.2 Å². The van der Waals surface area contributed by atoms with Crippen molar-refractivity contribution in [1.82, 2.24) is 4.90 Å². The fourth-order valence-corrected chi connectivity index (χ4v) is 3.77. The molecule has 0 radical (unpaired) electrons. The smallest absolute Gasteiger partial charge is 0.0499 e. The molecule has 1 aliphatic rings. The first-order valence-electron chi connectivity index (χ1n) is 8.08. The number of nitrogens with two attached hydrogens (primary N) is 1. The molecule has 0 bridgehead atoms. The molecule has 0 amide bonds. The van der Waals surface area contributed by atoms with E-state index in [0.717, 1.165) is 0 Å². The van der Waals surface area contributed by atoms with Crippen molar-refractivity contribution in [2.45, 2.75) is 59.0 Å². The molecule has 2 rings (SSSR count). The second kappa shape index (κ2) is 6.28. The fraction of sp³-hybridized carbons (Fsp3) is 0.667. The van der Waals surface area contributed by atoms with Crippen molar-refractivity contribution in [3.63, 3.8) is 0 Å². The van der Waals surface area contributed by atoms with E-state index in [1.54, 1.807) is 0 Å². The molecule has 2 heteroatoms. The van der Waals surface area contributed by atoms with Gasteiger partial charge < -0.3 is 5.73 Å². The molecule has 1 fully saturated rings. The Morgan fingerprint density at radius 3 is 2.40 bits per heavy atom. The molecule has 2 unspecified atom stereocenters. The first-order valence-corrected chi connectivity index (χ1v) is 8.08. The van der Waals surface area contributed by atoms with E-state index in [1.807, 2.05) is 0 Å². The Morgan fingerprint density at radius 2 is 1.90 bits per heavy atom. The summed E-state index contributed by atoms with van der Waals surface area (Å²) in [6.45, 7) is 11.4. The van der Waals surface area contributed by atoms with Crippen LogP contribution in [0.15, 0.2) is 24.3 Å². The number of aryl methyl sites for hydroxylation is 1. The molecule has 0 spiro atoms. The molecule has 112 valence electrons. The van der Waals surface area contributed by atoms with Crippen molar-refractivity contribution in [2.75, 3.05) is 13.1 Å². The predicted octanol–water partition coefficient (Wildman–Crippen LogP) is 3.90. The van der Waals surface area contributed by atoms with Crippen LogP contribution in [0.2, 0.25) is 0 Å². The van der Waals surface area contributed by atoms with Crippen LogP contribution in [-0.2, 0) is 0 Å². The van der Waals surface area contributed by atoms with Gasteiger partial charge >= 0.3 is 0 Å². The Bertz CT molecular complexity index is 435. The Hall–Kier alpha value is -0.860. The van der Waals surface area contributed by atoms with Crippen LogP contribution in [0.3, 0.4) is 0 Å². The Morgan fingerprint density at radius 1 is 1.25 bits per heavy atom. The maximum absolute atomic E-state index is 6.35. The molecule has 2 nitrogen and oxygen atoms in total. The van der Waals surface area contributed by atoms with Gasteiger partial charge in [-0.1, -0.05) is 38.1 Å². The summed E-state index contributed by atoms with van der Waals surface area (Å²) in [6.07, 6.45) is 3.87.